The van der Waals surface area contributed by atoms with E-state index in [4.69, 9.17) is 4.74 Å². The molecule has 1 aliphatic rings. The predicted molar refractivity (Wildman–Crippen MR) is 73.0 cm³/mol. The van der Waals surface area contributed by atoms with Crippen molar-refractivity contribution in [3.8, 4) is 5.75 Å². The first-order valence-corrected chi connectivity index (χ1v) is 7.81. The molecule has 6 nitrogen and oxygen atoms in total. The van der Waals surface area contributed by atoms with Crippen LogP contribution in [0.2, 0.25) is 0 Å². The number of H-pyrrole nitrogens is 1. The van der Waals surface area contributed by atoms with Gasteiger partial charge in [-0.25, -0.2) is 13.1 Å². The third kappa shape index (κ3) is 2.41. The van der Waals surface area contributed by atoms with Gasteiger partial charge in [-0.1, -0.05) is 0 Å². The zero-order valence-electron chi connectivity index (χ0n) is 11.0. The minimum atomic E-state index is -3.55. The summed E-state index contributed by atoms with van der Waals surface area (Å²) in [6.07, 6.45) is 4.02. The van der Waals surface area contributed by atoms with E-state index in [1.807, 2.05) is 0 Å². The fourth-order valence-corrected chi connectivity index (χ4v) is 3.48. The molecule has 0 saturated carbocycles. The molecular formula is C13H15N3O3S. The van der Waals surface area contributed by atoms with Crippen molar-refractivity contribution in [2.24, 2.45) is 0 Å². The number of hydrogen-bond acceptors (Lipinski definition) is 4. The van der Waals surface area contributed by atoms with Gasteiger partial charge in [-0.3, -0.25) is 5.10 Å². The Morgan fingerprint density at radius 1 is 1.45 bits per heavy atom. The fraction of sp³-hybridized carbons (Fsp3) is 0.308. The monoisotopic (exact) mass is 293 g/mol. The van der Waals surface area contributed by atoms with Crippen LogP contribution >= 0.6 is 0 Å². The summed E-state index contributed by atoms with van der Waals surface area (Å²) >= 11 is 0. The molecule has 0 radical (unpaired) electrons. The van der Waals surface area contributed by atoms with Crippen molar-refractivity contribution < 1.29 is 13.2 Å². The molecule has 7 heteroatoms. The zero-order valence-corrected chi connectivity index (χ0v) is 11.8. The van der Waals surface area contributed by atoms with Crippen molar-refractivity contribution in [1.82, 2.24) is 14.9 Å². The smallest absolute Gasteiger partial charge is 0.241 e. The van der Waals surface area contributed by atoms with E-state index in [1.54, 1.807) is 37.5 Å². The molecule has 2 aromatic rings. The van der Waals surface area contributed by atoms with E-state index in [9.17, 15) is 8.42 Å². The summed E-state index contributed by atoms with van der Waals surface area (Å²) in [6, 6.07) is 4.60. The van der Waals surface area contributed by atoms with Gasteiger partial charge in [0.1, 0.15) is 5.75 Å². The van der Waals surface area contributed by atoms with E-state index in [2.05, 4.69) is 14.9 Å². The highest BCUT2D eigenvalue weighted by Crippen LogP contribution is 2.28. The molecule has 1 unspecified atom stereocenters. The Balaban J connectivity index is 1.85. The van der Waals surface area contributed by atoms with E-state index < -0.39 is 10.0 Å². The molecule has 20 heavy (non-hydrogen) atoms. The van der Waals surface area contributed by atoms with E-state index in [0.29, 0.717) is 6.61 Å². The molecule has 0 spiro atoms. The highest BCUT2D eigenvalue weighted by molar-refractivity contribution is 7.89. The average molecular weight is 293 g/mol. The molecule has 2 heterocycles. The lowest BCUT2D eigenvalue weighted by molar-refractivity contribution is 0.356. The van der Waals surface area contributed by atoms with Crippen molar-refractivity contribution in [2.75, 3.05) is 6.61 Å². The lowest BCUT2D eigenvalue weighted by Crippen LogP contribution is -2.26. The second-order valence-corrected chi connectivity index (χ2v) is 6.46. The van der Waals surface area contributed by atoms with Crippen molar-refractivity contribution in [1.29, 1.82) is 0 Å². The topological polar surface area (TPSA) is 84.1 Å². The molecule has 0 aliphatic carbocycles. The van der Waals surface area contributed by atoms with Crippen molar-refractivity contribution in [2.45, 2.75) is 24.3 Å². The number of benzene rings is 1. The number of aromatic nitrogens is 2. The maximum atomic E-state index is 12.4. The van der Waals surface area contributed by atoms with Crippen LogP contribution in [0, 0.1) is 0 Å². The number of sulfonamides is 1. The van der Waals surface area contributed by atoms with Crippen LogP contribution in [-0.2, 0) is 16.4 Å². The van der Waals surface area contributed by atoms with Gasteiger partial charge in [0.2, 0.25) is 10.0 Å². The molecule has 106 valence electrons. The maximum Gasteiger partial charge on any atom is 0.241 e. The molecule has 1 aromatic carbocycles. The Morgan fingerprint density at radius 2 is 2.30 bits per heavy atom. The van der Waals surface area contributed by atoms with Gasteiger partial charge >= 0.3 is 0 Å². The van der Waals surface area contributed by atoms with Crippen LogP contribution < -0.4 is 9.46 Å². The highest BCUT2D eigenvalue weighted by Gasteiger charge is 2.21. The van der Waals surface area contributed by atoms with E-state index in [1.165, 1.54) is 0 Å². The quantitative estimate of drug-likeness (QED) is 0.892. The fourth-order valence-electron chi connectivity index (χ4n) is 2.20. The number of nitrogens with zero attached hydrogens (tertiary/aromatic N) is 1. The minimum Gasteiger partial charge on any atom is -0.493 e. The molecule has 3 rings (SSSR count). The second kappa shape index (κ2) is 4.92. The third-order valence-electron chi connectivity index (χ3n) is 3.32. The summed E-state index contributed by atoms with van der Waals surface area (Å²) in [5.74, 6) is 0.770. The minimum absolute atomic E-state index is 0.261. The molecule has 0 bridgehead atoms. The summed E-state index contributed by atoms with van der Waals surface area (Å²) in [7, 11) is -3.55. The predicted octanol–water partition coefficient (Wildman–Crippen LogP) is 1.38. The van der Waals surface area contributed by atoms with Crippen LogP contribution in [0.5, 0.6) is 5.75 Å². The number of hydrogen-bond donors (Lipinski definition) is 2. The Hall–Kier alpha value is -1.86. The summed E-state index contributed by atoms with van der Waals surface area (Å²) in [4.78, 5) is 0.261. The molecule has 2 N–H and O–H groups in total. The Morgan fingerprint density at radius 3 is 3.05 bits per heavy atom. The van der Waals surface area contributed by atoms with Crippen LogP contribution in [0.25, 0.3) is 0 Å². The van der Waals surface area contributed by atoms with Crippen LogP contribution in [-0.4, -0.2) is 25.2 Å². The van der Waals surface area contributed by atoms with Crippen LogP contribution in [0.15, 0.2) is 35.5 Å². The SMILES string of the molecule is CC(NS(=O)(=O)c1ccc2c(c1)CCO2)c1cn[nH]c1. The highest BCUT2D eigenvalue weighted by atomic mass is 32.2. The normalized spacial score (nSPS) is 15.7. The van der Waals surface area contributed by atoms with Crippen molar-refractivity contribution in [3.05, 3.63) is 41.7 Å². The largest absolute Gasteiger partial charge is 0.493 e. The Bertz CT molecular complexity index is 710. The lowest BCUT2D eigenvalue weighted by Gasteiger charge is -2.13. The van der Waals surface area contributed by atoms with Gasteiger partial charge in [-0.2, -0.15) is 5.10 Å². The van der Waals surface area contributed by atoms with Gasteiger partial charge in [-0.05, 0) is 30.7 Å². The standard InChI is InChI=1S/C13H15N3O3S/c1-9(11-7-14-15-8-11)16-20(17,18)12-2-3-13-10(6-12)4-5-19-13/h2-3,6-9,16H,4-5H2,1H3,(H,14,15). The van der Waals surface area contributed by atoms with Gasteiger partial charge in [0.25, 0.3) is 0 Å². The molecule has 1 atom stereocenters. The van der Waals surface area contributed by atoms with Crippen molar-refractivity contribution >= 4 is 10.0 Å². The average Bonchev–Trinajstić information content (AvgIpc) is 3.08. The molecule has 0 saturated heterocycles. The molecule has 0 amide bonds. The first kappa shape index (κ1) is 13.1. The third-order valence-corrected chi connectivity index (χ3v) is 4.86. The number of rotatable bonds is 4. The summed E-state index contributed by atoms with van der Waals surface area (Å²) < 4.78 is 32.7. The van der Waals surface area contributed by atoms with Gasteiger partial charge in [0.05, 0.1) is 17.7 Å². The van der Waals surface area contributed by atoms with E-state index in [0.717, 1.165) is 23.3 Å². The molecule has 1 aliphatic heterocycles. The number of fused-ring (bicyclic) bond motifs is 1. The van der Waals surface area contributed by atoms with Crippen LogP contribution in [0.1, 0.15) is 24.1 Å². The van der Waals surface area contributed by atoms with Crippen LogP contribution in [0.4, 0.5) is 0 Å². The van der Waals surface area contributed by atoms with Gasteiger partial charge in [-0.15, -0.1) is 0 Å². The molecular weight excluding hydrogens is 278 g/mol. The van der Waals surface area contributed by atoms with E-state index >= 15 is 0 Å². The number of ether oxygens (including phenoxy) is 1. The number of nitrogens with one attached hydrogen (secondary N) is 2. The second-order valence-electron chi connectivity index (χ2n) is 4.74. The van der Waals surface area contributed by atoms with Crippen LogP contribution in [0.3, 0.4) is 0 Å². The van der Waals surface area contributed by atoms with Gasteiger partial charge < -0.3 is 4.74 Å². The maximum absolute atomic E-state index is 12.4. The molecule has 0 fully saturated rings. The molecule has 1 aromatic heterocycles. The zero-order chi connectivity index (χ0) is 14.2. The van der Waals surface area contributed by atoms with Crippen molar-refractivity contribution in [3.63, 3.8) is 0 Å². The first-order chi connectivity index (χ1) is 9.56. The van der Waals surface area contributed by atoms with E-state index in [-0.39, 0.29) is 10.9 Å². The van der Waals surface area contributed by atoms with Gasteiger partial charge in [0, 0.05) is 24.2 Å². The number of aromatic amines is 1. The van der Waals surface area contributed by atoms with Gasteiger partial charge in [0.15, 0.2) is 0 Å². The lowest BCUT2D eigenvalue weighted by atomic mass is 10.2. The first-order valence-electron chi connectivity index (χ1n) is 6.33. The summed E-state index contributed by atoms with van der Waals surface area (Å²) in [5.41, 5.74) is 1.72. The summed E-state index contributed by atoms with van der Waals surface area (Å²) in [6.45, 7) is 2.39. The Labute approximate surface area is 117 Å². The Kier molecular flexibility index (Phi) is 3.23. The summed E-state index contributed by atoms with van der Waals surface area (Å²) in [5, 5.41) is 6.49.